The van der Waals surface area contributed by atoms with Crippen molar-refractivity contribution in [2.45, 2.75) is 45.2 Å². The second-order valence-corrected chi connectivity index (χ2v) is 8.74. The maximum atomic E-state index is 12.6. The van der Waals surface area contributed by atoms with E-state index in [9.17, 15) is 10.1 Å². The second-order valence-electron chi connectivity index (χ2n) is 7.72. The van der Waals surface area contributed by atoms with Crippen molar-refractivity contribution in [3.63, 3.8) is 0 Å². The van der Waals surface area contributed by atoms with Crippen LogP contribution in [-0.2, 0) is 12.0 Å². The molecule has 0 aliphatic carbocycles. The normalized spacial score (nSPS) is 17.1. The summed E-state index contributed by atoms with van der Waals surface area (Å²) in [6, 6.07) is 9.21. The summed E-state index contributed by atoms with van der Waals surface area (Å²) >= 11 is 1.48. The van der Waals surface area contributed by atoms with Crippen molar-refractivity contribution >= 4 is 22.2 Å². The number of hydrogen-bond acceptors (Lipinski definition) is 5. The first-order valence-corrected chi connectivity index (χ1v) is 9.29. The highest BCUT2D eigenvalue weighted by atomic mass is 32.1. The summed E-state index contributed by atoms with van der Waals surface area (Å²) in [6.07, 6.45) is 0.754. The number of carbonyl (C=O) groups is 1. The molecule has 1 amide bonds. The molecule has 0 saturated heterocycles. The van der Waals surface area contributed by atoms with E-state index in [4.69, 9.17) is 4.74 Å². The van der Waals surface area contributed by atoms with Crippen LogP contribution in [0.4, 0.5) is 5.00 Å². The third kappa shape index (κ3) is 3.33. The predicted octanol–water partition coefficient (Wildman–Crippen LogP) is 4.04. The van der Waals surface area contributed by atoms with Gasteiger partial charge in [-0.2, -0.15) is 5.26 Å². The Labute approximate surface area is 158 Å². The second kappa shape index (κ2) is 6.42. The molecule has 0 atom stereocenters. The van der Waals surface area contributed by atoms with Gasteiger partial charge in [-0.3, -0.25) is 4.79 Å². The summed E-state index contributed by atoms with van der Waals surface area (Å²) in [5.74, 6) is 0.466. The van der Waals surface area contributed by atoms with Crippen LogP contribution in [0.1, 0.15) is 54.1 Å². The SMILES string of the molecule is COc1ccc(C(=O)Nc2sc3c(c2C#N)CC(C)(C)NC3(C)C)cc1. The molecule has 2 N–H and O–H groups in total. The zero-order chi connectivity index (χ0) is 19.1. The number of ether oxygens (including phenoxy) is 1. The van der Waals surface area contributed by atoms with Crippen molar-refractivity contribution in [2.75, 3.05) is 12.4 Å². The topological polar surface area (TPSA) is 74.1 Å². The molecule has 26 heavy (non-hydrogen) atoms. The molecule has 5 nitrogen and oxygen atoms in total. The van der Waals surface area contributed by atoms with E-state index in [-0.39, 0.29) is 17.0 Å². The first kappa shape index (κ1) is 18.4. The van der Waals surface area contributed by atoms with E-state index in [2.05, 4.69) is 44.4 Å². The Morgan fingerprint density at radius 3 is 2.50 bits per heavy atom. The largest absolute Gasteiger partial charge is 0.497 e. The monoisotopic (exact) mass is 369 g/mol. The van der Waals surface area contributed by atoms with Crippen LogP contribution in [0.25, 0.3) is 0 Å². The molecule has 0 unspecified atom stereocenters. The van der Waals surface area contributed by atoms with E-state index in [0.717, 1.165) is 16.9 Å². The van der Waals surface area contributed by atoms with Crippen molar-refractivity contribution < 1.29 is 9.53 Å². The standard InChI is InChI=1S/C20H23N3O2S/c1-19(2)10-14-15(11-21)18(26-16(14)20(3,4)23-19)22-17(24)12-6-8-13(25-5)9-7-12/h6-9,23H,10H2,1-5H3,(H,22,24). The molecule has 0 spiro atoms. The van der Waals surface area contributed by atoms with Gasteiger partial charge in [0, 0.05) is 21.5 Å². The zero-order valence-electron chi connectivity index (χ0n) is 15.7. The number of methoxy groups -OCH3 is 1. The number of nitrogens with zero attached hydrogens (tertiary/aromatic N) is 1. The van der Waals surface area contributed by atoms with Gasteiger partial charge in [-0.25, -0.2) is 0 Å². The van der Waals surface area contributed by atoms with E-state index >= 15 is 0 Å². The number of anilines is 1. The molecular formula is C20H23N3O2S. The highest BCUT2D eigenvalue weighted by molar-refractivity contribution is 7.17. The molecule has 1 aromatic carbocycles. The van der Waals surface area contributed by atoms with Gasteiger partial charge in [0.25, 0.3) is 5.91 Å². The molecule has 136 valence electrons. The molecule has 1 aromatic heterocycles. The van der Waals surface area contributed by atoms with Gasteiger partial charge < -0.3 is 15.4 Å². The van der Waals surface area contributed by atoms with Gasteiger partial charge in [0.1, 0.15) is 16.8 Å². The van der Waals surface area contributed by atoms with Crippen LogP contribution in [-0.4, -0.2) is 18.6 Å². The predicted molar refractivity (Wildman–Crippen MR) is 104 cm³/mol. The number of rotatable bonds is 3. The maximum Gasteiger partial charge on any atom is 0.256 e. The molecule has 2 heterocycles. The number of nitrogens with one attached hydrogen (secondary N) is 2. The maximum absolute atomic E-state index is 12.6. The molecule has 1 aliphatic heterocycles. The Morgan fingerprint density at radius 1 is 1.27 bits per heavy atom. The quantitative estimate of drug-likeness (QED) is 0.856. The summed E-state index contributed by atoms with van der Waals surface area (Å²) in [5.41, 5.74) is 1.78. The fraction of sp³-hybridized carbons (Fsp3) is 0.400. The van der Waals surface area contributed by atoms with Crippen LogP contribution in [0, 0.1) is 11.3 Å². The number of carbonyl (C=O) groups excluding carboxylic acids is 1. The van der Waals surface area contributed by atoms with Crippen molar-refractivity contribution in [3.05, 3.63) is 45.8 Å². The molecular weight excluding hydrogens is 346 g/mol. The summed E-state index contributed by atoms with van der Waals surface area (Å²) in [7, 11) is 1.59. The summed E-state index contributed by atoms with van der Waals surface area (Å²) in [5, 5.41) is 16.9. The molecule has 6 heteroatoms. The minimum atomic E-state index is -0.254. The lowest BCUT2D eigenvalue weighted by Gasteiger charge is -2.42. The van der Waals surface area contributed by atoms with E-state index < -0.39 is 0 Å². The van der Waals surface area contributed by atoms with Gasteiger partial charge in [-0.15, -0.1) is 11.3 Å². The minimum absolute atomic E-state index is 0.111. The molecule has 0 radical (unpaired) electrons. The molecule has 3 rings (SSSR count). The lowest BCUT2D eigenvalue weighted by Crippen LogP contribution is -2.54. The highest BCUT2D eigenvalue weighted by Crippen LogP contribution is 2.44. The number of amides is 1. The Bertz CT molecular complexity index is 889. The Kier molecular flexibility index (Phi) is 4.55. The molecule has 2 aromatic rings. The Hall–Kier alpha value is -2.36. The van der Waals surface area contributed by atoms with Gasteiger partial charge >= 0.3 is 0 Å². The number of fused-ring (bicyclic) bond motifs is 1. The first-order valence-electron chi connectivity index (χ1n) is 8.48. The number of thiophene rings is 1. The first-order chi connectivity index (χ1) is 12.2. The fourth-order valence-electron chi connectivity index (χ4n) is 3.65. The van der Waals surface area contributed by atoms with E-state index in [1.807, 2.05) is 0 Å². The molecule has 1 aliphatic rings. The van der Waals surface area contributed by atoms with E-state index in [1.54, 1.807) is 31.4 Å². The van der Waals surface area contributed by atoms with Gasteiger partial charge in [0.05, 0.1) is 12.7 Å². The molecule has 0 saturated carbocycles. The summed E-state index contributed by atoms with van der Waals surface area (Å²) in [4.78, 5) is 13.7. The van der Waals surface area contributed by atoms with E-state index in [1.165, 1.54) is 11.3 Å². The summed E-state index contributed by atoms with van der Waals surface area (Å²) < 4.78 is 5.12. The van der Waals surface area contributed by atoms with Crippen molar-refractivity contribution in [1.82, 2.24) is 5.32 Å². The average molecular weight is 369 g/mol. The van der Waals surface area contributed by atoms with Crippen LogP contribution >= 0.6 is 11.3 Å². The van der Waals surface area contributed by atoms with E-state index in [0.29, 0.717) is 21.9 Å². The van der Waals surface area contributed by atoms with Crippen LogP contribution in [0.15, 0.2) is 24.3 Å². The van der Waals surface area contributed by atoms with Crippen LogP contribution in [0.2, 0.25) is 0 Å². The Morgan fingerprint density at radius 2 is 1.92 bits per heavy atom. The third-order valence-electron chi connectivity index (χ3n) is 4.54. The highest BCUT2D eigenvalue weighted by Gasteiger charge is 2.40. The fourth-order valence-corrected chi connectivity index (χ4v) is 4.87. The van der Waals surface area contributed by atoms with Crippen LogP contribution < -0.4 is 15.4 Å². The van der Waals surface area contributed by atoms with Crippen LogP contribution in [0.5, 0.6) is 5.75 Å². The van der Waals surface area contributed by atoms with Gasteiger partial charge in [0.2, 0.25) is 0 Å². The van der Waals surface area contributed by atoms with Gasteiger partial charge in [0.15, 0.2) is 0 Å². The van der Waals surface area contributed by atoms with Crippen molar-refractivity contribution in [1.29, 1.82) is 5.26 Å². The molecule has 0 bridgehead atoms. The average Bonchev–Trinajstić information content (AvgIpc) is 2.91. The minimum Gasteiger partial charge on any atom is -0.497 e. The lowest BCUT2D eigenvalue weighted by atomic mass is 9.81. The zero-order valence-corrected chi connectivity index (χ0v) is 16.5. The molecule has 0 fully saturated rings. The number of hydrogen-bond donors (Lipinski definition) is 2. The van der Waals surface area contributed by atoms with Gasteiger partial charge in [-0.05, 0) is 63.9 Å². The number of benzene rings is 1. The van der Waals surface area contributed by atoms with Crippen LogP contribution in [0.3, 0.4) is 0 Å². The summed E-state index contributed by atoms with van der Waals surface area (Å²) in [6.45, 7) is 8.48. The third-order valence-corrected chi connectivity index (χ3v) is 6.01. The van der Waals surface area contributed by atoms with Crippen molar-refractivity contribution in [3.8, 4) is 11.8 Å². The van der Waals surface area contributed by atoms with Gasteiger partial charge in [-0.1, -0.05) is 0 Å². The smallest absolute Gasteiger partial charge is 0.256 e. The lowest BCUT2D eigenvalue weighted by molar-refractivity contribution is 0.102. The van der Waals surface area contributed by atoms with Crippen molar-refractivity contribution in [2.24, 2.45) is 0 Å². The Balaban J connectivity index is 1.95. The number of nitriles is 1.